The standard InChI is InChI=1S/C16H15ClN2O4/c1-10-14(4-3-5-15(10)19(21)22)18-16(20)11(2)23-13-8-6-12(17)7-9-13/h3-9,11H,1-2H3,(H,18,20)/t11-/m1/s1. The highest BCUT2D eigenvalue weighted by Crippen LogP contribution is 2.25. The van der Waals surface area contributed by atoms with E-state index in [1.165, 1.54) is 12.1 Å². The number of rotatable bonds is 5. The molecule has 2 aromatic rings. The van der Waals surface area contributed by atoms with Gasteiger partial charge in [-0.25, -0.2) is 0 Å². The minimum absolute atomic E-state index is 0.0472. The van der Waals surface area contributed by atoms with Gasteiger partial charge in [0, 0.05) is 11.1 Å². The van der Waals surface area contributed by atoms with E-state index >= 15 is 0 Å². The average Bonchev–Trinajstić information content (AvgIpc) is 2.51. The zero-order valence-corrected chi connectivity index (χ0v) is 13.3. The maximum Gasteiger partial charge on any atom is 0.274 e. The van der Waals surface area contributed by atoms with Gasteiger partial charge in [0.25, 0.3) is 11.6 Å². The van der Waals surface area contributed by atoms with Crippen molar-refractivity contribution in [2.45, 2.75) is 20.0 Å². The molecule has 0 fully saturated rings. The van der Waals surface area contributed by atoms with Gasteiger partial charge in [-0.1, -0.05) is 17.7 Å². The first-order valence-corrected chi connectivity index (χ1v) is 7.23. The number of hydrogen-bond acceptors (Lipinski definition) is 4. The third-order valence-electron chi connectivity index (χ3n) is 3.26. The SMILES string of the molecule is Cc1c(NC(=O)[C@@H](C)Oc2ccc(Cl)cc2)cccc1[N+](=O)[O-]. The van der Waals surface area contributed by atoms with Crippen LogP contribution in [-0.4, -0.2) is 16.9 Å². The number of halogens is 1. The Hall–Kier alpha value is -2.60. The highest BCUT2D eigenvalue weighted by atomic mass is 35.5. The molecule has 2 aromatic carbocycles. The lowest BCUT2D eigenvalue weighted by Crippen LogP contribution is -2.30. The van der Waals surface area contributed by atoms with Crippen LogP contribution in [0.1, 0.15) is 12.5 Å². The Balaban J connectivity index is 2.08. The number of nitro benzene ring substituents is 1. The van der Waals surface area contributed by atoms with Crippen molar-refractivity contribution >= 4 is 28.9 Å². The van der Waals surface area contributed by atoms with Crippen molar-refractivity contribution in [3.05, 3.63) is 63.2 Å². The fourth-order valence-corrected chi connectivity index (χ4v) is 2.09. The van der Waals surface area contributed by atoms with Gasteiger partial charge < -0.3 is 10.1 Å². The lowest BCUT2D eigenvalue weighted by atomic mass is 10.1. The number of ether oxygens (including phenoxy) is 1. The third-order valence-corrected chi connectivity index (χ3v) is 3.51. The molecule has 0 spiro atoms. The molecule has 0 bridgehead atoms. The van der Waals surface area contributed by atoms with Gasteiger partial charge in [0.15, 0.2) is 6.10 Å². The van der Waals surface area contributed by atoms with Gasteiger partial charge in [-0.05, 0) is 44.2 Å². The Morgan fingerprint density at radius 2 is 1.91 bits per heavy atom. The predicted octanol–water partition coefficient (Wildman–Crippen LogP) is 3.96. The van der Waals surface area contributed by atoms with Crippen molar-refractivity contribution in [3.63, 3.8) is 0 Å². The first-order chi connectivity index (χ1) is 10.9. The molecule has 0 aromatic heterocycles. The number of nitrogens with zero attached hydrogens (tertiary/aromatic N) is 1. The largest absolute Gasteiger partial charge is 0.481 e. The summed E-state index contributed by atoms with van der Waals surface area (Å²) in [6, 6.07) is 11.1. The molecule has 0 saturated carbocycles. The van der Waals surface area contributed by atoms with E-state index in [1.807, 2.05) is 0 Å². The number of nitro groups is 1. The molecule has 1 atom stereocenters. The molecule has 0 radical (unpaired) electrons. The average molecular weight is 335 g/mol. The number of carbonyl (C=O) groups excluding carboxylic acids is 1. The van der Waals surface area contributed by atoms with E-state index in [4.69, 9.17) is 16.3 Å². The molecule has 0 aliphatic rings. The van der Waals surface area contributed by atoms with E-state index in [9.17, 15) is 14.9 Å². The zero-order valence-electron chi connectivity index (χ0n) is 12.6. The Bertz CT molecular complexity index is 731. The van der Waals surface area contributed by atoms with Crippen LogP contribution in [0.3, 0.4) is 0 Å². The molecule has 0 aliphatic carbocycles. The second kappa shape index (κ2) is 7.11. The second-order valence-corrected chi connectivity index (χ2v) is 5.35. The van der Waals surface area contributed by atoms with Crippen molar-refractivity contribution in [2.75, 3.05) is 5.32 Å². The van der Waals surface area contributed by atoms with Crippen molar-refractivity contribution in [1.29, 1.82) is 0 Å². The Labute approximate surface area is 138 Å². The number of anilines is 1. The van der Waals surface area contributed by atoms with Crippen LogP contribution in [0, 0.1) is 17.0 Å². The van der Waals surface area contributed by atoms with Crippen LogP contribution < -0.4 is 10.1 Å². The van der Waals surface area contributed by atoms with Gasteiger partial charge in [0.2, 0.25) is 0 Å². The minimum atomic E-state index is -0.769. The van der Waals surface area contributed by atoms with E-state index < -0.39 is 16.9 Å². The Kier molecular flexibility index (Phi) is 5.18. The van der Waals surface area contributed by atoms with Crippen molar-refractivity contribution in [1.82, 2.24) is 0 Å². The lowest BCUT2D eigenvalue weighted by Gasteiger charge is -2.15. The monoisotopic (exact) mass is 334 g/mol. The summed E-state index contributed by atoms with van der Waals surface area (Å²) in [4.78, 5) is 22.6. The topological polar surface area (TPSA) is 81.5 Å². The molecular weight excluding hydrogens is 320 g/mol. The number of amides is 1. The fraction of sp³-hybridized carbons (Fsp3) is 0.188. The molecule has 6 nitrogen and oxygen atoms in total. The smallest absolute Gasteiger partial charge is 0.274 e. The van der Waals surface area contributed by atoms with E-state index in [0.29, 0.717) is 22.0 Å². The van der Waals surface area contributed by atoms with Crippen LogP contribution in [0.5, 0.6) is 5.75 Å². The molecule has 1 N–H and O–H groups in total. The maximum atomic E-state index is 12.2. The Morgan fingerprint density at radius 1 is 1.26 bits per heavy atom. The van der Waals surface area contributed by atoms with E-state index in [1.54, 1.807) is 44.2 Å². The van der Waals surface area contributed by atoms with Gasteiger partial charge in [0.05, 0.1) is 16.2 Å². The van der Waals surface area contributed by atoms with Crippen LogP contribution >= 0.6 is 11.6 Å². The molecule has 1 amide bonds. The molecule has 0 unspecified atom stereocenters. The maximum absolute atomic E-state index is 12.2. The summed E-state index contributed by atoms with van der Waals surface area (Å²) in [5.74, 6) is 0.108. The van der Waals surface area contributed by atoms with Crippen LogP contribution in [0.4, 0.5) is 11.4 Å². The van der Waals surface area contributed by atoms with Crippen molar-refractivity contribution < 1.29 is 14.5 Å². The summed E-state index contributed by atoms with van der Waals surface area (Å²) in [5, 5.41) is 14.1. The first-order valence-electron chi connectivity index (χ1n) is 6.85. The van der Waals surface area contributed by atoms with Crippen LogP contribution in [0.15, 0.2) is 42.5 Å². The summed E-state index contributed by atoms with van der Waals surface area (Å²) >= 11 is 5.79. The molecule has 0 aliphatic heterocycles. The number of hydrogen-bond donors (Lipinski definition) is 1. The molecule has 0 heterocycles. The van der Waals surface area contributed by atoms with Gasteiger partial charge in [-0.2, -0.15) is 0 Å². The lowest BCUT2D eigenvalue weighted by molar-refractivity contribution is -0.385. The van der Waals surface area contributed by atoms with Gasteiger partial charge in [-0.15, -0.1) is 0 Å². The highest BCUT2D eigenvalue weighted by Gasteiger charge is 2.19. The van der Waals surface area contributed by atoms with Crippen LogP contribution in [0.25, 0.3) is 0 Å². The Morgan fingerprint density at radius 3 is 2.52 bits per heavy atom. The van der Waals surface area contributed by atoms with E-state index in [-0.39, 0.29) is 5.69 Å². The van der Waals surface area contributed by atoms with Crippen molar-refractivity contribution in [3.8, 4) is 5.75 Å². The molecule has 120 valence electrons. The number of carbonyl (C=O) groups is 1. The number of nitrogens with one attached hydrogen (secondary N) is 1. The van der Waals surface area contributed by atoms with E-state index in [0.717, 1.165) is 0 Å². The quantitative estimate of drug-likeness (QED) is 0.662. The fourth-order valence-electron chi connectivity index (χ4n) is 1.96. The van der Waals surface area contributed by atoms with Gasteiger partial charge >= 0.3 is 0 Å². The predicted molar refractivity (Wildman–Crippen MR) is 88.0 cm³/mol. The number of benzene rings is 2. The van der Waals surface area contributed by atoms with E-state index in [2.05, 4.69) is 5.32 Å². The molecule has 23 heavy (non-hydrogen) atoms. The summed E-state index contributed by atoms with van der Waals surface area (Å²) in [7, 11) is 0. The molecule has 2 rings (SSSR count). The molecular formula is C16H15ClN2O4. The third kappa shape index (κ3) is 4.20. The summed E-state index contributed by atoms with van der Waals surface area (Å²) in [5.41, 5.74) is 0.731. The first kappa shape index (κ1) is 16.8. The van der Waals surface area contributed by atoms with Gasteiger partial charge in [0.1, 0.15) is 5.75 Å². The normalized spacial score (nSPS) is 11.6. The second-order valence-electron chi connectivity index (χ2n) is 4.91. The summed E-state index contributed by atoms with van der Waals surface area (Å²) in [6.07, 6.45) is -0.769. The molecule has 0 saturated heterocycles. The van der Waals surface area contributed by atoms with Crippen LogP contribution in [0.2, 0.25) is 5.02 Å². The summed E-state index contributed by atoms with van der Waals surface area (Å²) in [6.45, 7) is 3.18. The van der Waals surface area contributed by atoms with Crippen LogP contribution in [-0.2, 0) is 4.79 Å². The minimum Gasteiger partial charge on any atom is -0.481 e. The summed E-state index contributed by atoms with van der Waals surface area (Å²) < 4.78 is 5.52. The zero-order chi connectivity index (χ0) is 17.0. The molecule has 7 heteroatoms. The van der Waals surface area contributed by atoms with Crippen molar-refractivity contribution in [2.24, 2.45) is 0 Å². The van der Waals surface area contributed by atoms with Gasteiger partial charge in [-0.3, -0.25) is 14.9 Å². The highest BCUT2D eigenvalue weighted by molar-refractivity contribution is 6.30.